The van der Waals surface area contributed by atoms with Crippen LogP contribution in [0.3, 0.4) is 0 Å². The van der Waals surface area contributed by atoms with Gasteiger partial charge in [0.2, 0.25) is 0 Å². The molecule has 2 unspecified atom stereocenters. The van der Waals surface area contributed by atoms with Crippen LogP contribution in [-0.2, 0) is 4.79 Å². The molecule has 0 saturated heterocycles. The predicted octanol–water partition coefficient (Wildman–Crippen LogP) is 3.96. The minimum atomic E-state index is -0.801. The largest absolute Gasteiger partial charge is 0.481 e. The highest BCUT2D eigenvalue weighted by Gasteiger charge is 2.55. The van der Waals surface area contributed by atoms with Crippen LogP contribution in [0.4, 0.5) is 4.39 Å². The summed E-state index contributed by atoms with van der Waals surface area (Å²) in [6, 6.07) is 0. The summed E-state index contributed by atoms with van der Waals surface area (Å²) >= 11 is 5.87. The van der Waals surface area contributed by atoms with Crippen LogP contribution >= 0.6 is 24.0 Å². The molecule has 1 heterocycles. The molecule has 2 rings (SSSR count). The first-order valence-electron chi connectivity index (χ1n) is 5.93. The Balaban J connectivity index is 0.00000180. The highest BCUT2D eigenvalue weighted by Crippen LogP contribution is 2.64. The van der Waals surface area contributed by atoms with E-state index in [9.17, 15) is 9.18 Å². The smallest absolute Gasteiger partial charge is 0.303 e. The molecule has 106 valence electrons. The molecule has 0 radical (unpaired) electrons. The Bertz CT molecular complexity index is 510. The molecule has 1 aromatic rings. The number of aliphatic carboxylic acids is 1. The van der Waals surface area contributed by atoms with Gasteiger partial charge in [-0.2, -0.15) is 0 Å². The number of pyridine rings is 1. The van der Waals surface area contributed by atoms with Crippen molar-refractivity contribution in [2.75, 3.05) is 0 Å². The molecular weight excluding hydrogens is 292 g/mol. The average Bonchev–Trinajstić information content (AvgIpc) is 3.00. The minimum Gasteiger partial charge on any atom is -0.481 e. The van der Waals surface area contributed by atoms with Crippen LogP contribution in [0.1, 0.15) is 43.4 Å². The zero-order valence-corrected chi connectivity index (χ0v) is 12.3. The van der Waals surface area contributed by atoms with E-state index < -0.39 is 11.8 Å². The fourth-order valence-corrected chi connectivity index (χ4v) is 2.81. The number of carboxylic acid groups (broad SMARTS) is 1. The first-order chi connectivity index (χ1) is 8.41. The maximum Gasteiger partial charge on any atom is 0.303 e. The van der Waals surface area contributed by atoms with Crippen molar-refractivity contribution in [1.29, 1.82) is 0 Å². The number of halogens is 3. The maximum atomic E-state index is 13.2. The van der Waals surface area contributed by atoms with Gasteiger partial charge in [-0.25, -0.2) is 4.39 Å². The average molecular weight is 308 g/mol. The van der Waals surface area contributed by atoms with E-state index in [1.54, 1.807) is 6.92 Å². The molecule has 0 aliphatic heterocycles. The van der Waals surface area contributed by atoms with Crippen LogP contribution in [0.5, 0.6) is 0 Å². The van der Waals surface area contributed by atoms with Gasteiger partial charge >= 0.3 is 5.97 Å². The van der Waals surface area contributed by atoms with Crippen molar-refractivity contribution < 1.29 is 14.3 Å². The van der Waals surface area contributed by atoms with E-state index in [-0.39, 0.29) is 35.2 Å². The van der Waals surface area contributed by atoms with Crippen molar-refractivity contribution >= 4 is 30.0 Å². The molecule has 6 heteroatoms. The summed E-state index contributed by atoms with van der Waals surface area (Å²) < 4.78 is 13.2. The van der Waals surface area contributed by atoms with E-state index in [0.29, 0.717) is 5.56 Å². The second-order valence-corrected chi connectivity index (χ2v) is 5.35. The van der Waals surface area contributed by atoms with E-state index in [1.165, 1.54) is 0 Å². The summed E-state index contributed by atoms with van der Waals surface area (Å²) in [5.74, 6) is -1.25. The Morgan fingerprint density at radius 1 is 1.68 bits per heavy atom. The van der Waals surface area contributed by atoms with E-state index >= 15 is 0 Å². The monoisotopic (exact) mass is 307 g/mol. The topological polar surface area (TPSA) is 50.2 Å². The van der Waals surface area contributed by atoms with Gasteiger partial charge in [0.15, 0.2) is 5.82 Å². The van der Waals surface area contributed by atoms with Gasteiger partial charge in [0.05, 0.1) is 17.6 Å². The highest BCUT2D eigenvalue weighted by atomic mass is 35.5. The number of hydrogen-bond acceptors (Lipinski definition) is 2. The number of carboxylic acids is 1. The van der Waals surface area contributed by atoms with Crippen molar-refractivity contribution in [3.05, 3.63) is 28.3 Å². The molecular formula is C13H16Cl2FNO2. The lowest BCUT2D eigenvalue weighted by Crippen LogP contribution is -2.11. The van der Waals surface area contributed by atoms with E-state index in [1.807, 2.05) is 6.92 Å². The normalized spacial score (nSPS) is 24.7. The lowest BCUT2D eigenvalue weighted by molar-refractivity contribution is -0.138. The first-order valence-corrected chi connectivity index (χ1v) is 6.31. The van der Waals surface area contributed by atoms with Gasteiger partial charge in [-0.15, -0.1) is 12.4 Å². The quantitative estimate of drug-likeness (QED) is 0.916. The second-order valence-electron chi connectivity index (χ2n) is 4.97. The van der Waals surface area contributed by atoms with Crippen LogP contribution in [0.2, 0.25) is 5.02 Å². The first kappa shape index (κ1) is 16.2. The van der Waals surface area contributed by atoms with Gasteiger partial charge in [-0.05, 0) is 30.7 Å². The van der Waals surface area contributed by atoms with Crippen molar-refractivity contribution in [3.8, 4) is 0 Å². The van der Waals surface area contributed by atoms with Gasteiger partial charge in [-0.3, -0.25) is 9.78 Å². The van der Waals surface area contributed by atoms with Crippen LogP contribution in [0, 0.1) is 18.2 Å². The summed E-state index contributed by atoms with van der Waals surface area (Å²) in [7, 11) is 0. The fourth-order valence-electron chi connectivity index (χ4n) is 2.67. The van der Waals surface area contributed by atoms with Gasteiger partial charge < -0.3 is 5.11 Å². The van der Waals surface area contributed by atoms with Crippen LogP contribution in [0.25, 0.3) is 0 Å². The number of rotatable bonds is 4. The Hall–Kier alpha value is -0.870. The summed E-state index contributed by atoms with van der Waals surface area (Å²) in [6.45, 7) is 3.71. The molecule has 0 spiro atoms. The Morgan fingerprint density at radius 3 is 2.84 bits per heavy atom. The van der Waals surface area contributed by atoms with Crippen molar-refractivity contribution in [2.24, 2.45) is 5.41 Å². The molecule has 1 aliphatic rings. The number of aromatic nitrogens is 1. The summed E-state index contributed by atoms with van der Waals surface area (Å²) in [6.07, 6.45) is 2.81. The Labute approximate surface area is 122 Å². The third kappa shape index (κ3) is 2.84. The molecule has 0 bridgehead atoms. The molecule has 1 aromatic heterocycles. The Kier molecular flexibility index (Phi) is 4.80. The third-order valence-electron chi connectivity index (χ3n) is 3.97. The third-order valence-corrected chi connectivity index (χ3v) is 4.43. The van der Waals surface area contributed by atoms with E-state index in [2.05, 4.69) is 4.98 Å². The highest BCUT2D eigenvalue weighted by molar-refractivity contribution is 6.31. The minimum absolute atomic E-state index is 0. The number of carbonyl (C=O) groups is 1. The molecule has 1 saturated carbocycles. The van der Waals surface area contributed by atoms with E-state index in [0.717, 1.165) is 24.7 Å². The second kappa shape index (κ2) is 5.63. The fraction of sp³-hybridized carbons (Fsp3) is 0.538. The lowest BCUT2D eigenvalue weighted by Gasteiger charge is -2.13. The van der Waals surface area contributed by atoms with Crippen LogP contribution < -0.4 is 0 Å². The van der Waals surface area contributed by atoms with E-state index in [4.69, 9.17) is 16.7 Å². The van der Waals surface area contributed by atoms with Gasteiger partial charge in [-0.1, -0.05) is 18.5 Å². The summed E-state index contributed by atoms with van der Waals surface area (Å²) in [5.41, 5.74) is 1.14. The molecule has 2 atom stereocenters. The maximum absolute atomic E-state index is 13.2. The van der Waals surface area contributed by atoms with Crippen molar-refractivity contribution in [3.63, 3.8) is 0 Å². The zero-order chi connectivity index (χ0) is 13.5. The van der Waals surface area contributed by atoms with Gasteiger partial charge in [0, 0.05) is 11.6 Å². The SMILES string of the molecule is CCC1(CC(=O)O)CC1c1ncc(F)c(Cl)c1C.Cl. The molecule has 1 fully saturated rings. The Morgan fingerprint density at radius 2 is 2.32 bits per heavy atom. The van der Waals surface area contributed by atoms with Gasteiger partial charge in [0.1, 0.15) is 0 Å². The molecule has 3 nitrogen and oxygen atoms in total. The molecule has 19 heavy (non-hydrogen) atoms. The van der Waals surface area contributed by atoms with Crippen LogP contribution in [0.15, 0.2) is 6.20 Å². The predicted molar refractivity (Wildman–Crippen MR) is 73.5 cm³/mol. The molecule has 0 amide bonds. The van der Waals surface area contributed by atoms with Crippen molar-refractivity contribution in [1.82, 2.24) is 4.98 Å². The summed E-state index contributed by atoms with van der Waals surface area (Å²) in [4.78, 5) is 15.0. The molecule has 1 aliphatic carbocycles. The van der Waals surface area contributed by atoms with Crippen LogP contribution in [-0.4, -0.2) is 16.1 Å². The van der Waals surface area contributed by atoms with Crippen molar-refractivity contribution in [2.45, 2.75) is 39.0 Å². The lowest BCUT2D eigenvalue weighted by atomic mass is 9.93. The zero-order valence-electron chi connectivity index (χ0n) is 10.7. The van der Waals surface area contributed by atoms with Gasteiger partial charge in [0.25, 0.3) is 0 Å². The standard InChI is InChI=1S/C13H15ClFNO2.ClH/c1-3-13(5-10(17)18)4-8(13)12-7(2)11(14)9(15)6-16-12;/h6,8H,3-5H2,1-2H3,(H,17,18);1H. The summed E-state index contributed by atoms with van der Waals surface area (Å²) in [5, 5.41) is 9.04. The molecule has 1 N–H and O–H groups in total. The number of hydrogen-bond donors (Lipinski definition) is 1. The number of nitrogens with zero attached hydrogens (tertiary/aromatic N) is 1. The molecule has 0 aromatic carbocycles.